The SMILES string of the molecule is C[C@@H]1CCCCO[C@@H](CN(C)Cc2ccc3c(c2)OCO3)[C@@H](C)CN([C@H](C)CO)C(=O)c2cc(NC(=O)CCC(F)(F)F)ccc2O1. The van der Waals surface area contributed by atoms with Crippen LogP contribution in [0.4, 0.5) is 18.9 Å². The summed E-state index contributed by atoms with van der Waals surface area (Å²) in [6.45, 7) is 7.56. The molecular formula is C34H46F3N3O7. The number of rotatable bonds is 9. The molecule has 2 aromatic carbocycles. The Morgan fingerprint density at radius 2 is 1.85 bits per heavy atom. The second-order valence-corrected chi connectivity index (χ2v) is 12.6. The first-order chi connectivity index (χ1) is 22.3. The highest BCUT2D eigenvalue weighted by atomic mass is 19.4. The number of alkyl halides is 3. The van der Waals surface area contributed by atoms with Crippen molar-refractivity contribution in [2.24, 2.45) is 5.92 Å². The number of hydrogen-bond acceptors (Lipinski definition) is 8. The summed E-state index contributed by atoms with van der Waals surface area (Å²) in [5, 5.41) is 12.6. The van der Waals surface area contributed by atoms with Gasteiger partial charge in [-0.25, -0.2) is 0 Å². The van der Waals surface area contributed by atoms with Gasteiger partial charge in [0.2, 0.25) is 12.7 Å². The number of aliphatic hydroxyl groups excluding tert-OH is 1. The van der Waals surface area contributed by atoms with Crippen molar-refractivity contribution in [3.05, 3.63) is 47.5 Å². The average Bonchev–Trinajstić information content (AvgIpc) is 3.49. The molecule has 2 aliphatic rings. The molecule has 2 aliphatic heterocycles. The van der Waals surface area contributed by atoms with Crippen LogP contribution in [0.5, 0.6) is 17.2 Å². The maximum Gasteiger partial charge on any atom is 0.389 e. The van der Waals surface area contributed by atoms with Gasteiger partial charge in [-0.05, 0) is 76.1 Å². The van der Waals surface area contributed by atoms with E-state index >= 15 is 0 Å². The number of fused-ring (bicyclic) bond motifs is 2. The quantitative estimate of drug-likeness (QED) is 0.355. The summed E-state index contributed by atoms with van der Waals surface area (Å²) < 4.78 is 61.6. The Kier molecular flexibility index (Phi) is 12.8. The van der Waals surface area contributed by atoms with Gasteiger partial charge in [0.05, 0.1) is 36.8 Å². The number of nitrogens with zero attached hydrogens (tertiary/aromatic N) is 2. The Morgan fingerprint density at radius 1 is 1.11 bits per heavy atom. The van der Waals surface area contributed by atoms with Gasteiger partial charge in [-0.15, -0.1) is 0 Å². The van der Waals surface area contributed by atoms with Crippen molar-refractivity contribution in [2.75, 3.05) is 45.5 Å². The number of aliphatic hydroxyl groups is 1. The van der Waals surface area contributed by atoms with Crippen LogP contribution in [0.15, 0.2) is 36.4 Å². The molecule has 4 rings (SSSR count). The number of hydrogen-bond donors (Lipinski definition) is 2. The normalized spacial score (nSPS) is 21.5. The predicted molar refractivity (Wildman–Crippen MR) is 170 cm³/mol. The van der Waals surface area contributed by atoms with Crippen LogP contribution in [0.2, 0.25) is 0 Å². The van der Waals surface area contributed by atoms with Gasteiger partial charge in [0, 0.05) is 44.3 Å². The largest absolute Gasteiger partial charge is 0.490 e. The molecule has 260 valence electrons. The fourth-order valence-corrected chi connectivity index (χ4v) is 5.66. The van der Waals surface area contributed by atoms with Crippen molar-refractivity contribution in [1.29, 1.82) is 0 Å². The molecule has 0 bridgehead atoms. The van der Waals surface area contributed by atoms with Gasteiger partial charge in [-0.3, -0.25) is 14.5 Å². The van der Waals surface area contributed by atoms with Crippen LogP contribution < -0.4 is 19.5 Å². The molecule has 4 atom stereocenters. The Morgan fingerprint density at radius 3 is 2.60 bits per heavy atom. The highest BCUT2D eigenvalue weighted by molar-refractivity contribution is 5.99. The summed E-state index contributed by atoms with van der Waals surface area (Å²) in [4.78, 5) is 30.2. The van der Waals surface area contributed by atoms with Gasteiger partial charge < -0.3 is 34.3 Å². The first-order valence-electron chi connectivity index (χ1n) is 16.1. The zero-order chi connectivity index (χ0) is 34.1. The minimum absolute atomic E-state index is 0.146. The topological polar surface area (TPSA) is 110 Å². The van der Waals surface area contributed by atoms with E-state index < -0.39 is 36.9 Å². The van der Waals surface area contributed by atoms with E-state index in [1.165, 1.54) is 12.1 Å². The molecule has 2 heterocycles. The second kappa shape index (κ2) is 16.5. The molecule has 0 aromatic heterocycles. The van der Waals surface area contributed by atoms with E-state index in [4.69, 9.17) is 18.9 Å². The van der Waals surface area contributed by atoms with Crippen molar-refractivity contribution in [3.63, 3.8) is 0 Å². The zero-order valence-electron chi connectivity index (χ0n) is 27.5. The first kappa shape index (κ1) is 36.3. The lowest BCUT2D eigenvalue weighted by Gasteiger charge is -2.36. The number of anilines is 1. The molecule has 2 amide bonds. The van der Waals surface area contributed by atoms with E-state index in [1.807, 2.05) is 39.1 Å². The van der Waals surface area contributed by atoms with Crippen molar-refractivity contribution in [3.8, 4) is 17.2 Å². The lowest BCUT2D eigenvalue weighted by Crippen LogP contribution is -2.47. The van der Waals surface area contributed by atoms with Gasteiger partial charge in [-0.2, -0.15) is 13.2 Å². The van der Waals surface area contributed by atoms with Gasteiger partial charge in [0.25, 0.3) is 5.91 Å². The standard InChI is InChI=1S/C34H46F3N3O7/c1-22-17-40(23(2)20-41)33(43)27-16-26(38-32(42)12-13-34(35,36)37)9-11-28(27)47-24(3)7-5-6-14-44-31(22)19-39(4)18-25-8-10-29-30(15-25)46-21-45-29/h8-11,15-16,22-24,31,41H,5-7,12-14,17-21H2,1-4H3,(H,38,42)/t22-,23+,24+,31-/m0/s1. The summed E-state index contributed by atoms with van der Waals surface area (Å²) >= 11 is 0. The fraction of sp³-hybridized carbons (Fsp3) is 0.588. The highest BCUT2D eigenvalue weighted by Crippen LogP contribution is 2.33. The molecule has 13 heteroatoms. The smallest absolute Gasteiger partial charge is 0.389 e. The van der Waals surface area contributed by atoms with Crippen molar-refractivity contribution >= 4 is 17.5 Å². The maximum absolute atomic E-state index is 14.2. The van der Waals surface area contributed by atoms with Gasteiger partial charge >= 0.3 is 6.18 Å². The molecule has 0 radical (unpaired) electrons. The van der Waals surface area contributed by atoms with Crippen LogP contribution in [0, 0.1) is 5.92 Å². The Balaban J connectivity index is 1.56. The lowest BCUT2D eigenvalue weighted by atomic mass is 10.0. The molecular weight excluding hydrogens is 619 g/mol. The van der Waals surface area contributed by atoms with Crippen LogP contribution in [0.1, 0.15) is 68.8 Å². The summed E-state index contributed by atoms with van der Waals surface area (Å²) in [5.74, 6) is 0.337. The number of nitrogens with one attached hydrogen (secondary N) is 1. The molecule has 0 unspecified atom stereocenters. The molecule has 10 nitrogen and oxygen atoms in total. The number of benzene rings is 2. The highest BCUT2D eigenvalue weighted by Gasteiger charge is 2.31. The number of carbonyl (C=O) groups is 2. The summed E-state index contributed by atoms with van der Waals surface area (Å²) in [6, 6.07) is 9.78. The maximum atomic E-state index is 14.2. The molecule has 0 spiro atoms. The molecule has 0 saturated heterocycles. The molecule has 2 aromatic rings. The van der Waals surface area contributed by atoms with Crippen LogP contribution in [-0.4, -0.2) is 91.3 Å². The van der Waals surface area contributed by atoms with Crippen molar-refractivity contribution < 1.29 is 46.8 Å². The fourth-order valence-electron chi connectivity index (χ4n) is 5.66. The molecule has 0 aliphatic carbocycles. The molecule has 2 N–H and O–H groups in total. The van der Waals surface area contributed by atoms with E-state index in [0.717, 1.165) is 24.2 Å². The molecule has 0 saturated carbocycles. The predicted octanol–water partition coefficient (Wildman–Crippen LogP) is 5.62. The minimum Gasteiger partial charge on any atom is -0.490 e. The van der Waals surface area contributed by atoms with Crippen molar-refractivity contribution in [1.82, 2.24) is 9.80 Å². The number of amides is 2. The van der Waals surface area contributed by atoms with Gasteiger partial charge in [-0.1, -0.05) is 13.0 Å². The summed E-state index contributed by atoms with van der Waals surface area (Å²) in [6.07, 6.45) is -4.60. The summed E-state index contributed by atoms with van der Waals surface area (Å²) in [7, 11) is 2.01. The first-order valence-corrected chi connectivity index (χ1v) is 16.1. The number of carbonyl (C=O) groups excluding carboxylic acids is 2. The second-order valence-electron chi connectivity index (χ2n) is 12.6. The Hall–Kier alpha value is -3.55. The molecule has 47 heavy (non-hydrogen) atoms. The van der Waals surface area contributed by atoms with E-state index in [9.17, 15) is 27.9 Å². The van der Waals surface area contributed by atoms with Gasteiger partial charge in [0.1, 0.15) is 5.75 Å². The third-order valence-electron chi connectivity index (χ3n) is 8.35. The third-order valence-corrected chi connectivity index (χ3v) is 8.35. The van der Waals surface area contributed by atoms with Crippen LogP contribution in [-0.2, 0) is 16.1 Å². The van der Waals surface area contributed by atoms with E-state index in [1.54, 1.807) is 17.9 Å². The Labute approximate surface area is 274 Å². The lowest BCUT2D eigenvalue weighted by molar-refractivity contribution is -0.142. The third kappa shape index (κ3) is 10.7. The van der Waals surface area contributed by atoms with Crippen molar-refractivity contribution in [2.45, 2.75) is 83.8 Å². The monoisotopic (exact) mass is 665 g/mol. The van der Waals surface area contributed by atoms with Crippen LogP contribution in [0.25, 0.3) is 0 Å². The van der Waals surface area contributed by atoms with Crippen LogP contribution in [0.3, 0.4) is 0 Å². The van der Waals surface area contributed by atoms with E-state index in [-0.39, 0.29) is 49.3 Å². The zero-order valence-corrected chi connectivity index (χ0v) is 27.5. The van der Waals surface area contributed by atoms with Gasteiger partial charge in [0.15, 0.2) is 11.5 Å². The number of halogens is 3. The Bertz CT molecular complexity index is 1360. The molecule has 0 fully saturated rings. The minimum atomic E-state index is -4.46. The van der Waals surface area contributed by atoms with E-state index in [0.29, 0.717) is 37.6 Å². The average molecular weight is 666 g/mol. The van der Waals surface area contributed by atoms with E-state index in [2.05, 4.69) is 10.2 Å². The number of ether oxygens (including phenoxy) is 4. The van der Waals surface area contributed by atoms with Crippen LogP contribution >= 0.6 is 0 Å². The number of likely N-dealkylation sites (N-methyl/N-ethyl adjacent to an activating group) is 1. The summed E-state index contributed by atoms with van der Waals surface area (Å²) in [5.41, 5.74) is 1.38.